The lowest BCUT2D eigenvalue weighted by atomic mass is 9.89. The first kappa shape index (κ1) is 10.7. The Morgan fingerprint density at radius 2 is 2.20 bits per heavy atom. The molecule has 0 spiro atoms. The minimum absolute atomic E-state index is 0.332. The molecule has 1 aliphatic rings. The number of aromatic nitrogens is 2. The van der Waals surface area contributed by atoms with Crippen molar-refractivity contribution in [2.24, 2.45) is 11.8 Å². The number of rotatable bonds is 1. The van der Waals surface area contributed by atoms with Gasteiger partial charge in [-0.1, -0.05) is 13.8 Å². The minimum atomic E-state index is 0.332. The van der Waals surface area contributed by atoms with E-state index in [1.807, 2.05) is 6.07 Å². The summed E-state index contributed by atoms with van der Waals surface area (Å²) < 4.78 is 0. The molecule has 82 valence electrons. The summed E-state index contributed by atoms with van der Waals surface area (Å²) in [4.78, 5) is 10.4. The number of anilines is 1. The van der Waals surface area contributed by atoms with E-state index in [1.165, 1.54) is 6.42 Å². The molecule has 2 unspecified atom stereocenters. The van der Waals surface area contributed by atoms with Crippen molar-refractivity contribution in [1.29, 1.82) is 0 Å². The van der Waals surface area contributed by atoms with Gasteiger partial charge >= 0.3 is 0 Å². The average Bonchev–Trinajstić information content (AvgIpc) is 2.22. The molecule has 15 heavy (non-hydrogen) atoms. The highest BCUT2D eigenvalue weighted by Gasteiger charge is 2.23. The van der Waals surface area contributed by atoms with Crippen LogP contribution in [0.4, 0.5) is 5.82 Å². The summed E-state index contributed by atoms with van der Waals surface area (Å²) in [6.45, 7) is 6.74. The van der Waals surface area contributed by atoms with Crippen LogP contribution in [0.1, 0.15) is 20.3 Å². The molecule has 2 rings (SSSR count). The zero-order chi connectivity index (χ0) is 10.8. The first-order valence-electron chi connectivity index (χ1n) is 5.40. The molecule has 0 bridgehead atoms. The van der Waals surface area contributed by atoms with Crippen LogP contribution >= 0.6 is 11.6 Å². The summed E-state index contributed by atoms with van der Waals surface area (Å²) in [7, 11) is 0. The number of hydrogen-bond acceptors (Lipinski definition) is 3. The van der Waals surface area contributed by atoms with E-state index < -0.39 is 0 Å². The Balaban J connectivity index is 2.12. The predicted octanol–water partition coefficient (Wildman–Crippen LogP) is 2.61. The number of piperidine rings is 1. The van der Waals surface area contributed by atoms with Crippen LogP contribution in [0.3, 0.4) is 0 Å². The first-order valence-corrected chi connectivity index (χ1v) is 5.78. The van der Waals surface area contributed by atoms with Crippen LogP contribution in [0.5, 0.6) is 0 Å². The van der Waals surface area contributed by atoms with Gasteiger partial charge in [0.2, 0.25) is 5.28 Å². The quantitative estimate of drug-likeness (QED) is 0.688. The first-order chi connectivity index (χ1) is 7.16. The van der Waals surface area contributed by atoms with Gasteiger partial charge in [-0.05, 0) is 35.9 Å². The fraction of sp³-hybridized carbons (Fsp3) is 0.636. The molecule has 0 amide bonds. The van der Waals surface area contributed by atoms with Gasteiger partial charge in [0.15, 0.2) is 0 Å². The molecule has 1 aliphatic heterocycles. The maximum atomic E-state index is 5.78. The Bertz CT molecular complexity index is 342. The van der Waals surface area contributed by atoms with E-state index in [9.17, 15) is 0 Å². The van der Waals surface area contributed by atoms with Crippen molar-refractivity contribution in [3.05, 3.63) is 17.5 Å². The van der Waals surface area contributed by atoms with Gasteiger partial charge in [-0.3, -0.25) is 0 Å². The van der Waals surface area contributed by atoms with Crippen molar-refractivity contribution in [2.45, 2.75) is 20.3 Å². The second-order valence-electron chi connectivity index (χ2n) is 4.37. The lowest BCUT2D eigenvalue weighted by Crippen LogP contribution is -2.38. The molecular weight excluding hydrogens is 210 g/mol. The minimum Gasteiger partial charge on any atom is -0.356 e. The van der Waals surface area contributed by atoms with E-state index in [2.05, 4.69) is 28.7 Å². The van der Waals surface area contributed by atoms with Crippen molar-refractivity contribution < 1.29 is 0 Å². The predicted molar refractivity (Wildman–Crippen MR) is 62.2 cm³/mol. The van der Waals surface area contributed by atoms with Crippen molar-refractivity contribution in [1.82, 2.24) is 9.97 Å². The molecule has 0 aromatic carbocycles. The fourth-order valence-corrected chi connectivity index (χ4v) is 2.12. The monoisotopic (exact) mass is 225 g/mol. The van der Waals surface area contributed by atoms with Gasteiger partial charge in [0.1, 0.15) is 5.82 Å². The Kier molecular flexibility index (Phi) is 3.10. The summed E-state index contributed by atoms with van der Waals surface area (Å²) in [5.41, 5.74) is 0. The molecule has 4 heteroatoms. The van der Waals surface area contributed by atoms with Crippen LogP contribution in [-0.2, 0) is 0 Å². The number of hydrogen-bond donors (Lipinski definition) is 0. The lowest BCUT2D eigenvalue weighted by Gasteiger charge is -2.35. The van der Waals surface area contributed by atoms with Crippen molar-refractivity contribution in [2.75, 3.05) is 18.0 Å². The summed E-state index contributed by atoms with van der Waals surface area (Å²) in [6.07, 6.45) is 2.94. The van der Waals surface area contributed by atoms with E-state index in [0.717, 1.165) is 24.8 Å². The van der Waals surface area contributed by atoms with Gasteiger partial charge in [0.25, 0.3) is 0 Å². The van der Waals surface area contributed by atoms with E-state index in [-0.39, 0.29) is 0 Å². The third kappa shape index (κ3) is 2.40. The summed E-state index contributed by atoms with van der Waals surface area (Å²) in [5.74, 6) is 2.47. The normalized spacial score (nSPS) is 26.7. The van der Waals surface area contributed by atoms with E-state index in [1.54, 1.807) is 6.20 Å². The highest BCUT2D eigenvalue weighted by atomic mass is 35.5. The van der Waals surface area contributed by atoms with Gasteiger partial charge in [-0.15, -0.1) is 0 Å². The molecule has 2 atom stereocenters. The zero-order valence-corrected chi connectivity index (χ0v) is 9.91. The van der Waals surface area contributed by atoms with Gasteiger partial charge in [0, 0.05) is 19.3 Å². The fourth-order valence-electron chi connectivity index (χ4n) is 1.97. The Morgan fingerprint density at radius 1 is 1.40 bits per heavy atom. The van der Waals surface area contributed by atoms with Crippen LogP contribution in [0.25, 0.3) is 0 Å². The van der Waals surface area contributed by atoms with Crippen molar-refractivity contribution >= 4 is 17.4 Å². The third-order valence-corrected chi connectivity index (χ3v) is 3.45. The van der Waals surface area contributed by atoms with Gasteiger partial charge in [0.05, 0.1) is 0 Å². The van der Waals surface area contributed by atoms with Crippen LogP contribution in [0, 0.1) is 11.8 Å². The third-order valence-electron chi connectivity index (χ3n) is 3.27. The summed E-state index contributed by atoms with van der Waals surface area (Å²) in [6, 6.07) is 1.93. The standard InChI is InChI=1S/C11H16ClN3/c1-8-4-6-15(7-9(8)2)10-3-5-13-11(12)14-10/h3,5,8-9H,4,6-7H2,1-2H3. The van der Waals surface area contributed by atoms with Gasteiger partial charge in [-0.2, -0.15) is 0 Å². The zero-order valence-electron chi connectivity index (χ0n) is 9.15. The summed E-state index contributed by atoms with van der Waals surface area (Å²) >= 11 is 5.78. The van der Waals surface area contributed by atoms with Gasteiger partial charge < -0.3 is 4.90 Å². The Morgan fingerprint density at radius 3 is 2.87 bits per heavy atom. The topological polar surface area (TPSA) is 29.0 Å². The molecule has 0 N–H and O–H groups in total. The van der Waals surface area contributed by atoms with Crippen molar-refractivity contribution in [3.8, 4) is 0 Å². The number of nitrogens with zero attached hydrogens (tertiary/aromatic N) is 3. The van der Waals surface area contributed by atoms with Crippen LogP contribution < -0.4 is 4.90 Å². The Hall–Kier alpha value is -0.830. The largest absolute Gasteiger partial charge is 0.356 e. The maximum absolute atomic E-state index is 5.78. The molecular formula is C11H16ClN3. The second kappa shape index (κ2) is 4.35. The molecule has 0 aliphatic carbocycles. The van der Waals surface area contributed by atoms with E-state index in [0.29, 0.717) is 11.2 Å². The molecule has 2 heterocycles. The molecule has 0 saturated carbocycles. The molecule has 0 radical (unpaired) electrons. The molecule has 1 aromatic heterocycles. The molecule has 1 fully saturated rings. The lowest BCUT2D eigenvalue weighted by molar-refractivity contribution is 0.323. The maximum Gasteiger partial charge on any atom is 0.224 e. The van der Waals surface area contributed by atoms with Gasteiger partial charge in [-0.25, -0.2) is 9.97 Å². The SMILES string of the molecule is CC1CCN(c2ccnc(Cl)n2)CC1C. The Labute approximate surface area is 95.5 Å². The highest BCUT2D eigenvalue weighted by Crippen LogP contribution is 2.25. The highest BCUT2D eigenvalue weighted by molar-refractivity contribution is 6.28. The molecule has 3 nitrogen and oxygen atoms in total. The molecule has 1 saturated heterocycles. The van der Waals surface area contributed by atoms with Crippen molar-refractivity contribution in [3.63, 3.8) is 0 Å². The van der Waals surface area contributed by atoms with E-state index in [4.69, 9.17) is 11.6 Å². The summed E-state index contributed by atoms with van der Waals surface area (Å²) in [5, 5.41) is 0.332. The van der Waals surface area contributed by atoms with E-state index >= 15 is 0 Å². The second-order valence-corrected chi connectivity index (χ2v) is 4.71. The van der Waals surface area contributed by atoms with Crippen LogP contribution in [0.2, 0.25) is 5.28 Å². The van der Waals surface area contributed by atoms with Crippen LogP contribution in [0.15, 0.2) is 12.3 Å². The average molecular weight is 226 g/mol. The smallest absolute Gasteiger partial charge is 0.224 e. The molecule has 1 aromatic rings. The van der Waals surface area contributed by atoms with Crippen LogP contribution in [-0.4, -0.2) is 23.1 Å². The number of halogens is 1.